The number of rotatable bonds is 6. The van der Waals surface area contributed by atoms with Gasteiger partial charge in [-0.2, -0.15) is 0 Å². The largest absolute Gasteiger partial charge is 0.311 e. The molecule has 1 aliphatic rings. The van der Waals surface area contributed by atoms with Crippen LogP contribution in [0.25, 0.3) is 0 Å². The number of hydrogen-bond donors (Lipinski definition) is 1. The van der Waals surface area contributed by atoms with Gasteiger partial charge >= 0.3 is 0 Å². The van der Waals surface area contributed by atoms with Crippen LogP contribution in [0.2, 0.25) is 0 Å². The van der Waals surface area contributed by atoms with Gasteiger partial charge in [-0.05, 0) is 25.2 Å². The van der Waals surface area contributed by atoms with E-state index in [-0.39, 0.29) is 0 Å². The molecule has 114 valence electrons. The summed E-state index contributed by atoms with van der Waals surface area (Å²) in [5, 5.41) is 5.01. The second-order valence-corrected chi connectivity index (χ2v) is 7.50. The summed E-state index contributed by atoms with van der Waals surface area (Å²) < 4.78 is 0. The standard InChI is InChI=1S/C16H29N3S/c1-5-14-8-17-13(7-12(3)4)10-19(14)11-16-18-9-15(6-2)20-16/h9,12-14,17H,5-8,10-11H2,1-4H3. The van der Waals surface area contributed by atoms with Gasteiger partial charge in [-0.15, -0.1) is 11.3 Å². The number of hydrogen-bond acceptors (Lipinski definition) is 4. The van der Waals surface area contributed by atoms with Crippen molar-refractivity contribution >= 4 is 11.3 Å². The molecule has 1 fully saturated rings. The molecule has 4 heteroatoms. The fourth-order valence-electron chi connectivity index (χ4n) is 3.01. The molecule has 1 saturated heterocycles. The highest BCUT2D eigenvalue weighted by atomic mass is 32.1. The van der Waals surface area contributed by atoms with E-state index in [4.69, 9.17) is 0 Å². The Kier molecular flexibility index (Phi) is 6.00. The van der Waals surface area contributed by atoms with E-state index in [9.17, 15) is 0 Å². The van der Waals surface area contributed by atoms with Crippen LogP contribution in [-0.4, -0.2) is 35.1 Å². The third-order valence-electron chi connectivity index (χ3n) is 4.13. The zero-order valence-corrected chi connectivity index (χ0v) is 14.2. The highest BCUT2D eigenvalue weighted by Crippen LogP contribution is 2.21. The van der Waals surface area contributed by atoms with Gasteiger partial charge in [-0.3, -0.25) is 4.90 Å². The zero-order valence-electron chi connectivity index (χ0n) is 13.4. The molecule has 20 heavy (non-hydrogen) atoms. The van der Waals surface area contributed by atoms with Crippen LogP contribution in [0.4, 0.5) is 0 Å². The van der Waals surface area contributed by atoms with Gasteiger partial charge in [0.1, 0.15) is 5.01 Å². The Morgan fingerprint density at radius 2 is 2.25 bits per heavy atom. The van der Waals surface area contributed by atoms with Gasteiger partial charge < -0.3 is 5.32 Å². The van der Waals surface area contributed by atoms with E-state index in [0.717, 1.165) is 32.0 Å². The molecule has 1 N–H and O–H groups in total. The molecule has 0 saturated carbocycles. The van der Waals surface area contributed by atoms with Crippen molar-refractivity contribution in [2.24, 2.45) is 5.92 Å². The Labute approximate surface area is 127 Å². The van der Waals surface area contributed by atoms with Crippen LogP contribution in [0.3, 0.4) is 0 Å². The fraction of sp³-hybridized carbons (Fsp3) is 0.812. The van der Waals surface area contributed by atoms with Crippen LogP contribution in [0, 0.1) is 5.92 Å². The summed E-state index contributed by atoms with van der Waals surface area (Å²) in [4.78, 5) is 8.64. The van der Waals surface area contributed by atoms with Crippen molar-refractivity contribution in [1.82, 2.24) is 15.2 Å². The first-order valence-corrected chi connectivity index (χ1v) is 8.85. The minimum Gasteiger partial charge on any atom is -0.311 e. The molecule has 3 nitrogen and oxygen atoms in total. The van der Waals surface area contributed by atoms with Gasteiger partial charge in [0.25, 0.3) is 0 Å². The van der Waals surface area contributed by atoms with E-state index in [2.05, 4.69) is 49.1 Å². The molecule has 0 aromatic carbocycles. The third-order valence-corrected chi connectivity index (χ3v) is 5.26. The SMILES string of the molecule is CCc1cnc(CN2CC(CC(C)C)NCC2CC)s1. The second kappa shape index (κ2) is 7.53. The van der Waals surface area contributed by atoms with Crippen LogP contribution in [-0.2, 0) is 13.0 Å². The van der Waals surface area contributed by atoms with E-state index in [1.54, 1.807) is 0 Å². The van der Waals surface area contributed by atoms with Crippen molar-refractivity contribution in [1.29, 1.82) is 0 Å². The van der Waals surface area contributed by atoms with E-state index in [1.807, 2.05) is 11.3 Å². The lowest BCUT2D eigenvalue weighted by Crippen LogP contribution is -2.56. The highest BCUT2D eigenvalue weighted by molar-refractivity contribution is 7.11. The van der Waals surface area contributed by atoms with Crippen LogP contribution in [0.1, 0.15) is 50.4 Å². The third kappa shape index (κ3) is 4.27. The Bertz CT molecular complexity index is 402. The average Bonchev–Trinajstić information content (AvgIpc) is 2.86. The minimum atomic E-state index is 0.642. The maximum atomic E-state index is 4.59. The molecule has 2 atom stereocenters. The lowest BCUT2D eigenvalue weighted by Gasteiger charge is -2.40. The Morgan fingerprint density at radius 1 is 1.45 bits per heavy atom. The van der Waals surface area contributed by atoms with E-state index in [1.165, 1.54) is 22.7 Å². The lowest BCUT2D eigenvalue weighted by atomic mass is 9.99. The Balaban J connectivity index is 1.97. The van der Waals surface area contributed by atoms with Crippen LogP contribution in [0.5, 0.6) is 0 Å². The molecular weight excluding hydrogens is 266 g/mol. The zero-order chi connectivity index (χ0) is 14.5. The van der Waals surface area contributed by atoms with Crippen molar-refractivity contribution in [3.8, 4) is 0 Å². The normalized spacial score (nSPS) is 24.4. The number of piperazine rings is 1. The molecule has 0 amide bonds. The monoisotopic (exact) mass is 295 g/mol. The summed E-state index contributed by atoms with van der Waals surface area (Å²) in [7, 11) is 0. The second-order valence-electron chi connectivity index (χ2n) is 6.30. The maximum Gasteiger partial charge on any atom is 0.107 e. The summed E-state index contributed by atoms with van der Waals surface area (Å²) in [6.07, 6.45) is 5.64. The number of nitrogens with zero attached hydrogens (tertiary/aromatic N) is 2. The van der Waals surface area contributed by atoms with E-state index >= 15 is 0 Å². The molecule has 2 unspecified atom stereocenters. The molecular formula is C16H29N3S. The fourth-order valence-corrected chi connectivity index (χ4v) is 3.90. The summed E-state index contributed by atoms with van der Waals surface area (Å²) in [5.41, 5.74) is 0. The van der Waals surface area contributed by atoms with Crippen molar-refractivity contribution in [3.63, 3.8) is 0 Å². The van der Waals surface area contributed by atoms with Gasteiger partial charge in [0.2, 0.25) is 0 Å². The summed E-state index contributed by atoms with van der Waals surface area (Å²) in [6, 6.07) is 1.30. The Hall–Kier alpha value is -0.450. The number of thiazole rings is 1. The van der Waals surface area contributed by atoms with Crippen molar-refractivity contribution in [2.75, 3.05) is 13.1 Å². The topological polar surface area (TPSA) is 28.2 Å². The van der Waals surface area contributed by atoms with Gasteiger partial charge in [-0.1, -0.05) is 27.7 Å². The number of nitrogens with one attached hydrogen (secondary N) is 1. The molecule has 0 radical (unpaired) electrons. The van der Waals surface area contributed by atoms with Crippen molar-refractivity contribution in [2.45, 2.75) is 65.6 Å². The van der Waals surface area contributed by atoms with Gasteiger partial charge in [0.05, 0.1) is 6.54 Å². The van der Waals surface area contributed by atoms with E-state index < -0.39 is 0 Å². The van der Waals surface area contributed by atoms with Crippen molar-refractivity contribution < 1.29 is 0 Å². The molecule has 2 rings (SSSR count). The quantitative estimate of drug-likeness (QED) is 0.873. The molecule has 1 aromatic heterocycles. The van der Waals surface area contributed by atoms with Crippen molar-refractivity contribution in [3.05, 3.63) is 16.1 Å². The Morgan fingerprint density at radius 3 is 2.85 bits per heavy atom. The highest BCUT2D eigenvalue weighted by Gasteiger charge is 2.27. The smallest absolute Gasteiger partial charge is 0.107 e. The first-order chi connectivity index (χ1) is 9.62. The number of aromatic nitrogens is 1. The molecule has 2 heterocycles. The molecule has 1 aromatic rings. The van der Waals surface area contributed by atoms with Gasteiger partial charge in [-0.25, -0.2) is 4.98 Å². The van der Waals surface area contributed by atoms with Crippen LogP contribution in [0.15, 0.2) is 6.20 Å². The molecule has 0 bridgehead atoms. The predicted octanol–water partition coefficient (Wildman–Crippen LogP) is 3.30. The van der Waals surface area contributed by atoms with Crippen LogP contribution < -0.4 is 5.32 Å². The minimum absolute atomic E-state index is 0.642. The molecule has 1 aliphatic heterocycles. The summed E-state index contributed by atoms with van der Waals surface area (Å²) in [5.74, 6) is 0.763. The molecule has 0 spiro atoms. The first-order valence-electron chi connectivity index (χ1n) is 8.03. The maximum absolute atomic E-state index is 4.59. The summed E-state index contributed by atoms with van der Waals surface area (Å²) >= 11 is 1.88. The first kappa shape index (κ1) is 15.9. The average molecular weight is 295 g/mol. The summed E-state index contributed by atoms with van der Waals surface area (Å²) in [6.45, 7) is 12.4. The molecule has 0 aliphatic carbocycles. The predicted molar refractivity (Wildman–Crippen MR) is 87.2 cm³/mol. The van der Waals surface area contributed by atoms with Gasteiger partial charge in [0, 0.05) is 36.2 Å². The lowest BCUT2D eigenvalue weighted by molar-refractivity contribution is 0.111. The van der Waals surface area contributed by atoms with Gasteiger partial charge in [0.15, 0.2) is 0 Å². The number of aryl methyl sites for hydroxylation is 1. The van der Waals surface area contributed by atoms with E-state index in [0.29, 0.717) is 12.1 Å². The van der Waals surface area contributed by atoms with Crippen LogP contribution >= 0.6 is 11.3 Å².